The highest BCUT2D eigenvalue weighted by molar-refractivity contribution is 5.86. The van der Waals surface area contributed by atoms with Crippen LogP contribution in [0.5, 0.6) is 0 Å². The largest absolute Gasteiger partial charge is 0.459 e. The predicted molar refractivity (Wildman–Crippen MR) is 71.5 cm³/mol. The molecule has 1 spiro atoms. The van der Waals surface area contributed by atoms with Gasteiger partial charge in [0.1, 0.15) is 18.8 Å². The Kier molecular flexibility index (Phi) is 2.03. The highest BCUT2D eigenvalue weighted by Gasteiger charge is 2.81. The summed E-state index contributed by atoms with van der Waals surface area (Å²) in [6, 6.07) is 0. The molecular formula is C16H18O6. The monoisotopic (exact) mass is 306 g/mol. The molecule has 6 heteroatoms. The van der Waals surface area contributed by atoms with Gasteiger partial charge in [0, 0.05) is 17.4 Å². The second kappa shape index (κ2) is 3.41. The molecule has 0 aromatic carbocycles. The molecule has 7 atom stereocenters. The normalized spacial score (nSPS) is 57.9. The minimum Gasteiger partial charge on any atom is -0.459 e. The Morgan fingerprint density at radius 2 is 1.95 bits per heavy atom. The number of hydrogen-bond donors (Lipinski definition) is 1. The van der Waals surface area contributed by atoms with Gasteiger partial charge in [-0.05, 0) is 25.3 Å². The summed E-state index contributed by atoms with van der Waals surface area (Å²) >= 11 is 0. The third-order valence-electron chi connectivity index (χ3n) is 6.53. The second-order valence-electron chi connectivity index (χ2n) is 7.84. The van der Waals surface area contributed by atoms with Gasteiger partial charge in [-0.1, -0.05) is 6.92 Å². The van der Waals surface area contributed by atoms with E-state index in [0.29, 0.717) is 12.8 Å². The van der Waals surface area contributed by atoms with E-state index < -0.39 is 22.5 Å². The predicted octanol–water partition coefficient (Wildman–Crippen LogP) is 0.330. The van der Waals surface area contributed by atoms with Crippen LogP contribution in [0.1, 0.15) is 26.7 Å². The van der Waals surface area contributed by atoms with Crippen LogP contribution in [0.3, 0.4) is 0 Å². The maximum atomic E-state index is 12.5. The average molecular weight is 306 g/mol. The number of aliphatic hydroxyl groups is 1. The van der Waals surface area contributed by atoms with Crippen molar-refractivity contribution in [1.29, 1.82) is 0 Å². The molecule has 22 heavy (non-hydrogen) atoms. The zero-order valence-corrected chi connectivity index (χ0v) is 12.5. The van der Waals surface area contributed by atoms with Crippen LogP contribution >= 0.6 is 0 Å². The lowest BCUT2D eigenvalue weighted by Crippen LogP contribution is -2.59. The molecular weight excluding hydrogens is 288 g/mol. The first-order valence-corrected chi connectivity index (χ1v) is 7.78. The molecule has 1 unspecified atom stereocenters. The van der Waals surface area contributed by atoms with E-state index in [0.717, 1.165) is 5.57 Å². The van der Waals surface area contributed by atoms with Crippen molar-refractivity contribution in [2.45, 2.75) is 50.6 Å². The lowest BCUT2D eigenvalue weighted by atomic mass is 9.47. The lowest BCUT2D eigenvalue weighted by molar-refractivity contribution is -0.151. The van der Waals surface area contributed by atoms with Gasteiger partial charge in [0.2, 0.25) is 0 Å². The van der Waals surface area contributed by atoms with Crippen molar-refractivity contribution in [2.24, 2.45) is 16.7 Å². The first-order valence-electron chi connectivity index (χ1n) is 7.78. The van der Waals surface area contributed by atoms with Crippen molar-refractivity contribution in [2.75, 3.05) is 6.61 Å². The molecule has 1 N–H and O–H groups in total. The lowest BCUT2D eigenvalue weighted by Gasteiger charge is -2.53. The van der Waals surface area contributed by atoms with Gasteiger partial charge in [-0.25, -0.2) is 4.79 Å². The SMILES string of the molecule is C[C@@]12C[C@@H](O)C[C@]3(C)C4=CC(=O)OC[C@]45O[C@@H]5[C@@H](OC1=O)C23. The van der Waals surface area contributed by atoms with E-state index in [4.69, 9.17) is 14.2 Å². The van der Waals surface area contributed by atoms with Gasteiger partial charge in [0.25, 0.3) is 0 Å². The minimum absolute atomic E-state index is 0.0753. The molecule has 5 rings (SSSR count). The number of epoxide rings is 1. The number of hydrogen-bond acceptors (Lipinski definition) is 6. The quantitative estimate of drug-likeness (QED) is 0.513. The number of carbonyl (C=O) groups excluding carboxylic acids is 2. The van der Waals surface area contributed by atoms with Crippen LogP contribution in [0.4, 0.5) is 0 Å². The number of ether oxygens (including phenoxy) is 3. The molecule has 0 amide bonds. The van der Waals surface area contributed by atoms with E-state index in [-0.39, 0.29) is 36.7 Å². The van der Waals surface area contributed by atoms with Gasteiger partial charge < -0.3 is 19.3 Å². The van der Waals surface area contributed by atoms with Gasteiger partial charge in [-0.15, -0.1) is 0 Å². The molecule has 0 radical (unpaired) electrons. The second-order valence-corrected chi connectivity index (χ2v) is 7.84. The number of cyclic esters (lactones) is 1. The summed E-state index contributed by atoms with van der Waals surface area (Å²) in [5, 5.41) is 10.4. The minimum atomic E-state index is -0.725. The smallest absolute Gasteiger partial charge is 0.330 e. The number of carbonyl (C=O) groups is 2. The highest BCUT2D eigenvalue weighted by atomic mass is 16.7. The van der Waals surface area contributed by atoms with Gasteiger partial charge in [0.05, 0.1) is 11.5 Å². The molecule has 0 aromatic heterocycles. The fourth-order valence-electron chi connectivity index (χ4n) is 5.83. The third-order valence-corrected chi connectivity index (χ3v) is 6.53. The van der Waals surface area contributed by atoms with Crippen molar-refractivity contribution in [3.8, 4) is 0 Å². The fourth-order valence-corrected chi connectivity index (χ4v) is 5.83. The topological polar surface area (TPSA) is 85.4 Å². The maximum Gasteiger partial charge on any atom is 0.330 e. The molecule has 4 fully saturated rings. The molecule has 2 saturated carbocycles. The van der Waals surface area contributed by atoms with E-state index in [1.807, 2.05) is 13.8 Å². The van der Waals surface area contributed by atoms with E-state index in [1.54, 1.807) is 0 Å². The zero-order chi connectivity index (χ0) is 15.5. The Bertz CT molecular complexity index is 655. The van der Waals surface area contributed by atoms with Gasteiger partial charge in [0.15, 0.2) is 5.60 Å². The summed E-state index contributed by atoms with van der Waals surface area (Å²) in [5.74, 6) is -0.708. The van der Waals surface area contributed by atoms with Crippen LogP contribution < -0.4 is 0 Å². The molecule has 3 aliphatic heterocycles. The summed E-state index contributed by atoms with van der Waals surface area (Å²) in [4.78, 5) is 24.3. The van der Waals surface area contributed by atoms with Crippen molar-refractivity contribution >= 4 is 11.9 Å². The van der Waals surface area contributed by atoms with Crippen LogP contribution in [-0.4, -0.2) is 47.6 Å². The number of rotatable bonds is 0. The first kappa shape index (κ1) is 13.1. The van der Waals surface area contributed by atoms with Crippen LogP contribution in [0.25, 0.3) is 0 Å². The molecule has 5 aliphatic rings. The van der Waals surface area contributed by atoms with Crippen molar-refractivity contribution in [3.63, 3.8) is 0 Å². The Hall–Kier alpha value is -1.40. The van der Waals surface area contributed by atoms with E-state index in [2.05, 4.69) is 0 Å². The number of esters is 2. The van der Waals surface area contributed by atoms with Crippen molar-refractivity contribution < 1.29 is 28.9 Å². The molecule has 3 heterocycles. The summed E-state index contributed by atoms with van der Waals surface area (Å²) in [7, 11) is 0. The number of fused-ring (bicyclic) bond motifs is 2. The Morgan fingerprint density at radius 3 is 2.73 bits per heavy atom. The molecule has 0 bridgehead atoms. The van der Waals surface area contributed by atoms with Crippen molar-refractivity contribution in [1.82, 2.24) is 0 Å². The van der Waals surface area contributed by atoms with Gasteiger partial charge in [-0.2, -0.15) is 0 Å². The Balaban J connectivity index is 1.74. The molecule has 6 nitrogen and oxygen atoms in total. The van der Waals surface area contributed by atoms with E-state index >= 15 is 0 Å². The van der Waals surface area contributed by atoms with E-state index in [9.17, 15) is 14.7 Å². The fraction of sp³-hybridized carbons (Fsp3) is 0.750. The standard InChI is InChI=1S/C16H18O6/c1-14-4-7(17)5-15(2)11(14)10(21-13(15)19)12-16(22-12)6-20-9(18)3-8(14)16/h3,7,10-12,17H,4-6H2,1-2H3/t7-,10-,11?,12+,14+,15-,16-/m0/s1. The summed E-state index contributed by atoms with van der Waals surface area (Å²) in [5.41, 5.74) is -0.981. The molecule has 2 aliphatic carbocycles. The van der Waals surface area contributed by atoms with Crippen LogP contribution in [0.15, 0.2) is 11.6 Å². The zero-order valence-electron chi connectivity index (χ0n) is 12.5. The summed E-state index contributed by atoms with van der Waals surface area (Å²) < 4.78 is 16.8. The van der Waals surface area contributed by atoms with Crippen LogP contribution in [0, 0.1) is 16.7 Å². The van der Waals surface area contributed by atoms with E-state index in [1.165, 1.54) is 6.08 Å². The first-order chi connectivity index (χ1) is 10.3. The molecule has 2 saturated heterocycles. The summed E-state index contributed by atoms with van der Waals surface area (Å²) in [6.45, 7) is 4.07. The molecule has 118 valence electrons. The Labute approximate surface area is 127 Å². The Morgan fingerprint density at radius 1 is 1.23 bits per heavy atom. The van der Waals surface area contributed by atoms with Crippen LogP contribution in [-0.2, 0) is 23.8 Å². The average Bonchev–Trinajstić information content (AvgIpc) is 3.07. The maximum absolute atomic E-state index is 12.5. The highest BCUT2D eigenvalue weighted by Crippen LogP contribution is 2.71. The number of aliphatic hydroxyl groups excluding tert-OH is 1. The van der Waals surface area contributed by atoms with Crippen LogP contribution in [0.2, 0.25) is 0 Å². The van der Waals surface area contributed by atoms with Gasteiger partial charge >= 0.3 is 11.9 Å². The molecule has 0 aromatic rings. The third kappa shape index (κ3) is 1.19. The van der Waals surface area contributed by atoms with Gasteiger partial charge in [-0.3, -0.25) is 4.79 Å². The van der Waals surface area contributed by atoms with Crippen molar-refractivity contribution in [3.05, 3.63) is 11.6 Å². The summed E-state index contributed by atoms with van der Waals surface area (Å²) in [6.07, 6.45) is 1.29.